The Balaban J connectivity index is 2.01. The fourth-order valence-electron chi connectivity index (χ4n) is 2.00. The highest BCUT2D eigenvalue weighted by Gasteiger charge is 2.15. The molecule has 0 unspecified atom stereocenters. The van der Waals surface area contributed by atoms with E-state index in [9.17, 15) is 0 Å². The van der Waals surface area contributed by atoms with E-state index >= 15 is 0 Å². The van der Waals surface area contributed by atoms with Crippen LogP contribution in [0, 0.1) is 6.92 Å². The molecule has 2 rings (SSSR count). The first kappa shape index (κ1) is 12.2. The van der Waals surface area contributed by atoms with Gasteiger partial charge in [-0.3, -0.25) is 0 Å². The number of likely N-dealkylation sites (N-methyl/N-ethyl adjacent to an activating group) is 1. The number of hydrogen-bond acceptors (Lipinski definition) is 4. The van der Waals surface area contributed by atoms with Gasteiger partial charge in [-0.15, -0.1) is 0 Å². The van der Waals surface area contributed by atoms with Crippen molar-refractivity contribution >= 4 is 0 Å². The maximum absolute atomic E-state index is 5.52. The van der Waals surface area contributed by atoms with Gasteiger partial charge in [0.2, 0.25) is 6.79 Å². The first-order valence-corrected chi connectivity index (χ1v) is 5.98. The lowest BCUT2D eigenvalue weighted by molar-refractivity contribution is 0.174. The zero-order valence-electron chi connectivity index (χ0n) is 10.5. The van der Waals surface area contributed by atoms with E-state index in [2.05, 4.69) is 31.0 Å². The summed E-state index contributed by atoms with van der Waals surface area (Å²) in [7, 11) is 2.09. The second kappa shape index (κ2) is 5.38. The summed E-state index contributed by atoms with van der Waals surface area (Å²) < 4.78 is 10.7. The lowest BCUT2D eigenvalue weighted by Gasteiger charge is -2.16. The Kier molecular flexibility index (Phi) is 3.86. The van der Waals surface area contributed by atoms with E-state index in [1.54, 1.807) is 0 Å². The van der Waals surface area contributed by atoms with Crippen LogP contribution in [0.25, 0.3) is 0 Å². The van der Waals surface area contributed by atoms with Crippen LogP contribution in [0.3, 0.4) is 0 Å². The molecule has 1 heterocycles. The minimum atomic E-state index is 0.339. The predicted molar refractivity (Wildman–Crippen MR) is 67.6 cm³/mol. The molecule has 0 amide bonds. The van der Waals surface area contributed by atoms with Gasteiger partial charge in [-0.1, -0.05) is 0 Å². The summed E-state index contributed by atoms with van der Waals surface area (Å²) in [4.78, 5) is 2.24. The van der Waals surface area contributed by atoms with Crippen LogP contribution in [0.4, 0.5) is 0 Å². The zero-order valence-corrected chi connectivity index (χ0v) is 10.5. The third-order valence-electron chi connectivity index (χ3n) is 3.10. The number of hydrogen-bond donors (Lipinski definition) is 1. The fourth-order valence-corrected chi connectivity index (χ4v) is 2.00. The smallest absolute Gasteiger partial charge is 0.231 e. The van der Waals surface area contributed by atoms with Crippen molar-refractivity contribution in [1.29, 1.82) is 0 Å². The number of ether oxygens (including phenoxy) is 2. The molecule has 0 spiro atoms. The number of nitrogens with zero attached hydrogens (tertiary/aromatic N) is 1. The lowest BCUT2D eigenvalue weighted by Crippen LogP contribution is -2.27. The van der Waals surface area contributed by atoms with Gasteiger partial charge in [-0.25, -0.2) is 0 Å². The number of nitrogens with two attached hydrogens (primary N) is 1. The van der Waals surface area contributed by atoms with Gasteiger partial charge in [0, 0.05) is 19.6 Å². The molecule has 1 aromatic carbocycles. The predicted octanol–water partition coefficient (Wildman–Crippen LogP) is 1.16. The Morgan fingerprint density at radius 3 is 2.65 bits per heavy atom. The van der Waals surface area contributed by atoms with E-state index < -0.39 is 0 Å². The Morgan fingerprint density at radius 2 is 1.94 bits per heavy atom. The molecule has 4 nitrogen and oxygen atoms in total. The number of rotatable bonds is 5. The van der Waals surface area contributed by atoms with Crippen LogP contribution in [0.15, 0.2) is 12.1 Å². The first-order valence-electron chi connectivity index (χ1n) is 5.98. The van der Waals surface area contributed by atoms with Crippen molar-refractivity contribution in [2.24, 2.45) is 5.73 Å². The first-order chi connectivity index (χ1) is 8.20. The number of fused-ring (bicyclic) bond motifs is 1. The Hall–Kier alpha value is -1.26. The third kappa shape index (κ3) is 2.90. The van der Waals surface area contributed by atoms with Crippen molar-refractivity contribution in [2.75, 3.05) is 33.5 Å². The van der Waals surface area contributed by atoms with Crippen LogP contribution in [-0.4, -0.2) is 38.4 Å². The van der Waals surface area contributed by atoms with Crippen molar-refractivity contribution in [3.63, 3.8) is 0 Å². The molecule has 0 radical (unpaired) electrons. The van der Waals surface area contributed by atoms with E-state index in [4.69, 9.17) is 15.2 Å². The van der Waals surface area contributed by atoms with Crippen molar-refractivity contribution in [3.8, 4) is 11.5 Å². The molecule has 94 valence electrons. The molecule has 0 saturated heterocycles. The molecule has 2 N–H and O–H groups in total. The van der Waals surface area contributed by atoms with Crippen molar-refractivity contribution in [2.45, 2.75) is 13.3 Å². The van der Waals surface area contributed by atoms with Crippen LogP contribution in [0.5, 0.6) is 11.5 Å². The summed E-state index contributed by atoms with van der Waals surface area (Å²) in [6.07, 6.45) is 1.01. The minimum absolute atomic E-state index is 0.339. The highest BCUT2D eigenvalue weighted by atomic mass is 16.7. The molecular formula is C13H20N2O2. The zero-order chi connectivity index (χ0) is 12.3. The van der Waals surface area contributed by atoms with Gasteiger partial charge in [-0.05, 0) is 43.7 Å². The van der Waals surface area contributed by atoms with Crippen LogP contribution in [0.1, 0.15) is 11.1 Å². The van der Waals surface area contributed by atoms with E-state index in [-0.39, 0.29) is 0 Å². The van der Waals surface area contributed by atoms with Crippen molar-refractivity contribution < 1.29 is 9.47 Å². The third-order valence-corrected chi connectivity index (χ3v) is 3.10. The summed E-state index contributed by atoms with van der Waals surface area (Å²) in [5, 5.41) is 0. The van der Waals surface area contributed by atoms with Gasteiger partial charge in [0.15, 0.2) is 11.5 Å². The molecule has 1 aromatic rings. The van der Waals surface area contributed by atoms with Crippen molar-refractivity contribution in [1.82, 2.24) is 4.90 Å². The molecule has 0 fully saturated rings. The van der Waals surface area contributed by atoms with E-state index in [0.717, 1.165) is 31.0 Å². The topological polar surface area (TPSA) is 47.7 Å². The SMILES string of the molecule is Cc1cc2c(cc1CCN(C)CCN)OCO2. The monoisotopic (exact) mass is 236 g/mol. The summed E-state index contributed by atoms with van der Waals surface area (Å²) in [5.41, 5.74) is 8.10. The highest BCUT2D eigenvalue weighted by Crippen LogP contribution is 2.34. The van der Waals surface area contributed by atoms with Crippen LogP contribution in [-0.2, 0) is 6.42 Å². The van der Waals surface area contributed by atoms with E-state index in [1.807, 2.05) is 0 Å². The number of aryl methyl sites for hydroxylation is 1. The highest BCUT2D eigenvalue weighted by molar-refractivity contribution is 5.48. The average molecular weight is 236 g/mol. The quantitative estimate of drug-likeness (QED) is 0.833. The maximum atomic E-state index is 5.52. The maximum Gasteiger partial charge on any atom is 0.231 e. The molecule has 1 aliphatic rings. The molecule has 1 aliphatic heterocycles. The Bertz CT molecular complexity index is 393. The Morgan fingerprint density at radius 1 is 1.24 bits per heavy atom. The second-order valence-electron chi connectivity index (χ2n) is 4.47. The van der Waals surface area contributed by atoms with E-state index in [1.165, 1.54) is 11.1 Å². The largest absolute Gasteiger partial charge is 0.454 e. The standard InChI is InChI=1S/C13H20N2O2/c1-10-7-12-13(17-9-16-12)8-11(10)3-5-15(2)6-4-14/h7-8H,3-6,9,14H2,1-2H3. The normalized spacial score (nSPS) is 13.4. The average Bonchev–Trinajstić information content (AvgIpc) is 2.73. The van der Waals surface area contributed by atoms with Gasteiger partial charge >= 0.3 is 0 Å². The molecule has 0 atom stereocenters. The van der Waals surface area contributed by atoms with Gasteiger partial charge in [0.05, 0.1) is 0 Å². The molecule has 0 aromatic heterocycles. The summed E-state index contributed by atoms with van der Waals surface area (Å²) >= 11 is 0. The Labute approximate surface area is 102 Å². The van der Waals surface area contributed by atoms with Gasteiger partial charge in [0.25, 0.3) is 0 Å². The van der Waals surface area contributed by atoms with Crippen LogP contribution >= 0.6 is 0 Å². The van der Waals surface area contributed by atoms with E-state index in [0.29, 0.717) is 13.3 Å². The summed E-state index contributed by atoms with van der Waals surface area (Å²) in [6, 6.07) is 4.15. The fraction of sp³-hybridized carbons (Fsp3) is 0.538. The molecule has 0 bridgehead atoms. The molecular weight excluding hydrogens is 216 g/mol. The summed E-state index contributed by atoms with van der Waals surface area (Å²) in [5.74, 6) is 1.73. The molecule has 4 heteroatoms. The second-order valence-corrected chi connectivity index (χ2v) is 4.47. The molecule has 0 aliphatic carbocycles. The van der Waals surface area contributed by atoms with Gasteiger partial charge in [-0.2, -0.15) is 0 Å². The van der Waals surface area contributed by atoms with Crippen molar-refractivity contribution in [3.05, 3.63) is 23.3 Å². The summed E-state index contributed by atoms with van der Waals surface area (Å²) in [6.45, 7) is 5.10. The molecule has 0 saturated carbocycles. The van der Waals surface area contributed by atoms with Crippen LogP contribution < -0.4 is 15.2 Å². The van der Waals surface area contributed by atoms with Gasteiger partial charge < -0.3 is 20.1 Å². The lowest BCUT2D eigenvalue weighted by atomic mass is 10.0. The number of benzene rings is 1. The minimum Gasteiger partial charge on any atom is -0.454 e. The molecule has 17 heavy (non-hydrogen) atoms. The van der Waals surface area contributed by atoms with Gasteiger partial charge in [0.1, 0.15) is 0 Å². The van der Waals surface area contributed by atoms with Crippen LogP contribution in [0.2, 0.25) is 0 Å².